The summed E-state index contributed by atoms with van der Waals surface area (Å²) in [6.07, 6.45) is -0.169. The molecule has 0 unspecified atom stereocenters. The van der Waals surface area contributed by atoms with Gasteiger partial charge in [0.05, 0.1) is 5.56 Å². The highest BCUT2D eigenvalue weighted by atomic mass is 19.1. The highest BCUT2D eigenvalue weighted by Gasteiger charge is 2.13. The fraction of sp³-hybridized carbons (Fsp3) is 0.222. The Kier molecular flexibility index (Phi) is 3.14. The van der Waals surface area contributed by atoms with Gasteiger partial charge < -0.3 is 10.2 Å². The molecule has 1 aromatic rings. The van der Waals surface area contributed by atoms with Crippen LogP contribution in [-0.4, -0.2) is 22.8 Å². The monoisotopic (exact) mass is 202 g/mol. The van der Waals surface area contributed by atoms with Crippen molar-refractivity contribution in [2.24, 2.45) is 0 Å². The Balaban J connectivity index is 3.18. The summed E-state index contributed by atoms with van der Waals surface area (Å²) in [4.78, 5) is 10.4. The van der Waals surface area contributed by atoms with Crippen molar-refractivity contribution in [1.29, 1.82) is 0 Å². The first kappa shape index (κ1) is 10.6. The van der Waals surface area contributed by atoms with E-state index in [1.807, 2.05) is 0 Å². The standard InChI is InChI=1S/C9H8F2O3/c10-7-3-5(9(13)14)4-8(11)6(7)1-2-12/h3-4,12H,1-2H2,(H,13,14). The van der Waals surface area contributed by atoms with Gasteiger partial charge in [-0.05, 0) is 12.1 Å². The summed E-state index contributed by atoms with van der Waals surface area (Å²) in [5, 5.41) is 17.0. The van der Waals surface area contributed by atoms with E-state index in [0.29, 0.717) is 0 Å². The maximum absolute atomic E-state index is 13.0. The van der Waals surface area contributed by atoms with E-state index in [2.05, 4.69) is 0 Å². The van der Waals surface area contributed by atoms with Crippen LogP contribution in [0, 0.1) is 11.6 Å². The number of carboxylic acid groups (broad SMARTS) is 1. The third-order valence-corrected chi connectivity index (χ3v) is 1.75. The number of aliphatic hydroxyl groups is 1. The number of halogens is 2. The van der Waals surface area contributed by atoms with Crippen molar-refractivity contribution >= 4 is 5.97 Å². The molecule has 76 valence electrons. The number of carboxylic acids is 1. The van der Waals surface area contributed by atoms with Crippen molar-refractivity contribution in [3.05, 3.63) is 34.9 Å². The molecule has 1 rings (SSSR count). The van der Waals surface area contributed by atoms with Gasteiger partial charge in [-0.15, -0.1) is 0 Å². The molecule has 0 radical (unpaired) electrons. The predicted molar refractivity (Wildman–Crippen MR) is 44.1 cm³/mol. The third-order valence-electron chi connectivity index (χ3n) is 1.75. The summed E-state index contributed by atoms with van der Waals surface area (Å²) in [6.45, 7) is -0.389. The maximum atomic E-state index is 13.0. The highest BCUT2D eigenvalue weighted by molar-refractivity contribution is 5.87. The van der Waals surface area contributed by atoms with E-state index in [4.69, 9.17) is 10.2 Å². The number of rotatable bonds is 3. The van der Waals surface area contributed by atoms with Crippen LogP contribution in [0.4, 0.5) is 8.78 Å². The lowest BCUT2D eigenvalue weighted by atomic mass is 10.1. The third kappa shape index (κ3) is 2.05. The molecular weight excluding hydrogens is 194 g/mol. The van der Waals surface area contributed by atoms with E-state index < -0.39 is 23.2 Å². The normalized spacial score (nSPS) is 10.2. The molecule has 0 saturated heterocycles. The van der Waals surface area contributed by atoms with Crippen LogP contribution in [0.2, 0.25) is 0 Å². The van der Waals surface area contributed by atoms with Crippen LogP contribution < -0.4 is 0 Å². The molecule has 0 fully saturated rings. The van der Waals surface area contributed by atoms with Gasteiger partial charge in [-0.3, -0.25) is 0 Å². The molecule has 0 atom stereocenters. The summed E-state index contributed by atoms with van der Waals surface area (Å²) >= 11 is 0. The SMILES string of the molecule is O=C(O)c1cc(F)c(CCO)c(F)c1. The Hall–Kier alpha value is -1.49. The first-order valence-corrected chi connectivity index (χ1v) is 3.88. The van der Waals surface area contributed by atoms with Crippen molar-refractivity contribution in [2.75, 3.05) is 6.61 Å². The Morgan fingerprint density at radius 1 is 1.29 bits per heavy atom. The molecule has 0 saturated carbocycles. The van der Waals surface area contributed by atoms with Gasteiger partial charge in [-0.25, -0.2) is 13.6 Å². The van der Waals surface area contributed by atoms with Crippen LogP contribution in [0.5, 0.6) is 0 Å². The predicted octanol–water partition coefficient (Wildman–Crippen LogP) is 1.20. The molecule has 0 aliphatic heterocycles. The van der Waals surface area contributed by atoms with Gasteiger partial charge in [0.25, 0.3) is 0 Å². The smallest absolute Gasteiger partial charge is 0.335 e. The topological polar surface area (TPSA) is 57.5 Å². The zero-order valence-corrected chi connectivity index (χ0v) is 7.13. The van der Waals surface area contributed by atoms with Gasteiger partial charge >= 0.3 is 5.97 Å². The number of benzene rings is 1. The molecule has 3 nitrogen and oxygen atoms in total. The molecular formula is C9H8F2O3. The summed E-state index contributed by atoms with van der Waals surface area (Å²) in [6, 6.07) is 1.47. The van der Waals surface area contributed by atoms with Gasteiger partial charge in [0.2, 0.25) is 0 Å². The van der Waals surface area contributed by atoms with E-state index in [1.165, 1.54) is 0 Å². The van der Waals surface area contributed by atoms with Crippen molar-refractivity contribution in [3.63, 3.8) is 0 Å². The lowest BCUT2D eigenvalue weighted by Crippen LogP contribution is -2.04. The fourth-order valence-electron chi connectivity index (χ4n) is 1.08. The second-order valence-corrected chi connectivity index (χ2v) is 2.70. The Bertz CT molecular complexity index is 340. The van der Waals surface area contributed by atoms with Crippen molar-refractivity contribution in [1.82, 2.24) is 0 Å². The van der Waals surface area contributed by atoms with Crippen molar-refractivity contribution in [3.8, 4) is 0 Å². The van der Waals surface area contributed by atoms with Crippen molar-refractivity contribution in [2.45, 2.75) is 6.42 Å². The van der Waals surface area contributed by atoms with E-state index in [-0.39, 0.29) is 18.6 Å². The average Bonchev–Trinajstić information content (AvgIpc) is 2.10. The molecule has 0 heterocycles. The van der Waals surface area contributed by atoms with Gasteiger partial charge in [0.1, 0.15) is 11.6 Å². The lowest BCUT2D eigenvalue weighted by molar-refractivity contribution is 0.0695. The van der Waals surface area contributed by atoms with Gasteiger partial charge in [-0.2, -0.15) is 0 Å². The lowest BCUT2D eigenvalue weighted by Gasteiger charge is -2.04. The van der Waals surface area contributed by atoms with Crippen LogP contribution >= 0.6 is 0 Å². The molecule has 0 spiro atoms. The van der Waals surface area contributed by atoms with Crippen LogP contribution in [-0.2, 0) is 6.42 Å². The fourth-order valence-corrected chi connectivity index (χ4v) is 1.08. The van der Waals surface area contributed by atoms with Crippen LogP contribution in [0.1, 0.15) is 15.9 Å². The highest BCUT2D eigenvalue weighted by Crippen LogP contribution is 2.15. The second-order valence-electron chi connectivity index (χ2n) is 2.70. The molecule has 0 aliphatic carbocycles. The van der Waals surface area contributed by atoms with Gasteiger partial charge in [0, 0.05) is 18.6 Å². The Labute approximate surface area is 78.6 Å². The first-order chi connectivity index (χ1) is 6.56. The molecule has 2 N–H and O–H groups in total. The average molecular weight is 202 g/mol. The summed E-state index contributed by atoms with van der Waals surface area (Å²) in [5.41, 5.74) is -0.737. The Morgan fingerprint density at radius 3 is 2.14 bits per heavy atom. The van der Waals surface area contributed by atoms with E-state index in [9.17, 15) is 13.6 Å². The largest absolute Gasteiger partial charge is 0.478 e. The molecule has 1 aromatic carbocycles. The molecule has 14 heavy (non-hydrogen) atoms. The zero-order valence-electron chi connectivity index (χ0n) is 7.13. The number of carbonyl (C=O) groups is 1. The molecule has 5 heteroatoms. The molecule has 0 aromatic heterocycles. The van der Waals surface area contributed by atoms with E-state index >= 15 is 0 Å². The number of hydrogen-bond donors (Lipinski definition) is 2. The minimum absolute atomic E-state index is 0.169. The Morgan fingerprint density at radius 2 is 1.79 bits per heavy atom. The number of hydrogen-bond acceptors (Lipinski definition) is 2. The van der Waals surface area contributed by atoms with Crippen LogP contribution in [0.3, 0.4) is 0 Å². The molecule has 0 bridgehead atoms. The van der Waals surface area contributed by atoms with E-state index in [0.717, 1.165) is 12.1 Å². The second kappa shape index (κ2) is 4.15. The van der Waals surface area contributed by atoms with Gasteiger partial charge in [-0.1, -0.05) is 0 Å². The van der Waals surface area contributed by atoms with Crippen LogP contribution in [0.25, 0.3) is 0 Å². The molecule has 0 amide bonds. The van der Waals surface area contributed by atoms with Gasteiger partial charge in [0.15, 0.2) is 0 Å². The first-order valence-electron chi connectivity index (χ1n) is 3.88. The minimum atomic E-state index is -1.39. The number of aliphatic hydroxyl groups excluding tert-OH is 1. The maximum Gasteiger partial charge on any atom is 0.335 e. The summed E-state index contributed by atoms with van der Waals surface area (Å²) in [5.74, 6) is -3.29. The van der Waals surface area contributed by atoms with E-state index in [1.54, 1.807) is 0 Å². The quantitative estimate of drug-likeness (QED) is 0.774. The molecule has 0 aliphatic rings. The number of aromatic carboxylic acids is 1. The van der Waals surface area contributed by atoms with Crippen molar-refractivity contribution < 1.29 is 23.8 Å². The summed E-state index contributed by atoms with van der Waals surface area (Å²) < 4.78 is 26.1. The summed E-state index contributed by atoms with van der Waals surface area (Å²) in [7, 11) is 0. The van der Waals surface area contributed by atoms with Crippen LogP contribution in [0.15, 0.2) is 12.1 Å². The minimum Gasteiger partial charge on any atom is -0.478 e. The zero-order chi connectivity index (χ0) is 10.7.